The number of hydrogen-bond donors (Lipinski definition) is 1. The van der Waals surface area contributed by atoms with E-state index in [1.54, 1.807) is 0 Å². The number of unbranched alkanes of at least 4 members (excludes halogenated alkanes) is 1. The van der Waals surface area contributed by atoms with Crippen LogP contribution in [0.25, 0.3) is 0 Å². The van der Waals surface area contributed by atoms with Gasteiger partial charge >= 0.3 is 5.97 Å². The summed E-state index contributed by atoms with van der Waals surface area (Å²) in [6, 6.07) is 0. The van der Waals surface area contributed by atoms with Gasteiger partial charge in [-0.25, -0.2) is 0 Å². The molecule has 0 spiro atoms. The lowest BCUT2D eigenvalue weighted by Gasteiger charge is -2.22. The van der Waals surface area contributed by atoms with E-state index in [9.17, 15) is 4.79 Å². The van der Waals surface area contributed by atoms with Crippen LogP contribution in [0, 0.1) is 11.8 Å². The van der Waals surface area contributed by atoms with E-state index in [1.165, 1.54) is 32.1 Å². The van der Waals surface area contributed by atoms with E-state index in [0.717, 1.165) is 25.9 Å². The minimum Gasteiger partial charge on any atom is -0.465 e. The summed E-state index contributed by atoms with van der Waals surface area (Å²) in [7, 11) is 0. The minimum absolute atomic E-state index is 0.000483. The Kier molecular flexibility index (Phi) is 8.89. The van der Waals surface area contributed by atoms with Crippen LogP contribution in [0.15, 0.2) is 0 Å². The highest BCUT2D eigenvalue weighted by atomic mass is 16.5. The summed E-state index contributed by atoms with van der Waals surface area (Å²) in [4.78, 5) is 11.7. The molecule has 1 aliphatic rings. The van der Waals surface area contributed by atoms with Crippen molar-refractivity contribution >= 4 is 5.97 Å². The standard InChI is InChI=1S/C16H31NO2/c1-3-5-7-14(4-2)13-19-16(18)10-9-15-8-6-11-17-12-15/h14-15,17H,3-13H2,1-2H3. The van der Waals surface area contributed by atoms with Crippen LogP contribution in [0.1, 0.15) is 65.2 Å². The second-order valence-electron chi connectivity index (χ2n) is 5.85. The first-order valence-electron chi connectivity index (χ1n) is 8.12. The first-order valence-corrected chi connectivity index (χ1v) is 8.12. The lowest BCUT2D eigenvalue weighted by molar-refractivity contribution is -0.145. The molecule has 0 aromatic carbocycles. The molecule has 0 amide bonds. The zero-order chi connectivity index (χ0) is 13.9. The molecule has 3 nitrogen and oxygen atoms in total. The predicted molar refractivity (Wildman–Crippen MR) is 79.1 cm³/mol. The van der Waals surface area contributed by atoms with Crippen LogP contribution in [0.3, 0.4) is 0 Å². The van der Waals surface area contributed by atoms with Crippen molar-refractivity contribution in [2.45, 2.75) is 65.2 Å². The summed E-state index contributed by atoms with van der Waals surface area (Å²) in [5.74, 6) is 1.23. The van der Waals surface area contributed by atoms with E-state index in [4.69, 9.17) is 4.74 Å². The second-order valence-corrected chi connectivity index (χ2v) is 5.85. The summed E-state index contributed by atoms with van der Waals surface area (Å²) in [5.41, 5.74) is 0. The number of rotatable bonds is 9. The molecule has 1 fully saturated rings. The van der Waals surface area contributed by atoms with Crippen molar-refractivity contribution in [1.29, 1.82) is 0 Å². The maximum atomic E-state index is 11.7. The SMILES string of the molecule is CCCCC(CC)COC(=O)CCC1CCCNC1. The fraction of sp³-hybridized carbons (Fsp3) is 0.938. The number of piperidine rings is 1. The first-order chi connectivity index (χ1) is 9.26. The van der Waals surface area contributed by atoms with Gasteiger partial charge in [0.2, 0.25) is 0 Å². The normalized spacial score (nSPS) is 21.1. The van der Waals surface area contributed by atoms with Crippen molar-refractivity contribution in [1.82, 2.24) is 5.32 Å². The van der Waals surface area contributed by atoms with Gasteiger partial charge in [0.1, 0.15) is 0 Å². The van der Waals surface area contributed by atoms with Gasteiger partial charge in [0.15, 0.2) is 0 Å². The van der Waals surface area contributed by atoms with E-state index in [2.05, 4.69) is 19.2 Å². The quantitative estimate of drug-likeness (QED) is 0.651. The molecular formula is C16H31NO2. The number of ether oxygens (including phenoxy) is 1. The van der Waals surface area contributed by atoms with Crippen LogP contribution in [0.4, 0.5) is 0 Å². The smallest absolute Gasteiger partial charge is 0.305 e. The molecule has 2 unspecified atom stereocenters. The Morgan fingerprint density at radius 2 is 2.26 bits per heavy atom. The molecule has 0 aliphatic carbocycles. The fourth-order valence-electron chi connectivity index (χ4n) is 2.67. The molecule has 0 aromatic heterocycles. The van der Waals surface area contributed by atoms with Crippen molar-refractivity contribution < 1.29 is 9.53 Å². The van der Waals surface area contributed by atoms with Crippen LogP contribution in [-0.4, -0.2) is 25.7 Å². The third kappa shape index (κ3) is 7.56. The van der Waals surface area contributed by atoms with E-state index in [-0.39, 0.29) is 5.97 Å². The summed E-state index contributed by atoms with van der Waals surface area (Å²) in [6.45, 7) is 7.22. The van der Waals surface area contributed by atoms with Crippen molar-refractivity contribution in [3.63, 3.8) is 0 Å². The molecule has 1 heterocycles. The second kappa shape index (κ2) is 10.2. The van der Waals surface area contributed by atoms with Crippen LogP contribution in [0.2, 0.25) is 0 Å². The lowest BCUT2D eigenvalue weighted by atomic mass is 9.95. The first kappa shape index (κ1) is 16.5. The third-order valence-corrected chi connectivity index (χ3v) is 4.18. The average molecular weight is 269 g/mol. The molecule has 1 saturated heterocycles. The Labute approximate surface area is 118 Å². The molecule has 0 radical (unpaired) electrons. The summed E-state index contributed by atoms with van der Waals surface area (Å²) in [5, 5.41) is 3.39. The van der Waals surface area contributed by atoms with Crippen molar-refractivity contribution in [3.8, 4) is 0 Å². The molecule has 1 aliphatic heterocycles. The number of carbonyl (C=O) groups is 1. The molecule has 19 heavy (non-hydrogen) atoms. The molecule has 112 valence electrons. The van der Waals surface area contributed by atoms with E-state index >= 15 is 0 Å². The molecule has 2 atom stereocenters. The topological polar surface area (TPSA) is 38.3 Å². The van der Waals surface area contributed by atoms with Gasteiger partial charge in [-0.2, -0.15) is 0 Å². The van der Waals surface area contributed by atoms with Crippen molar-refractivity contribution in [2.75, 3.05) is 19.7 Å². The highest BCUT2D eigenvalue weighted by Gasteiger charge is 2.15. The predicted octanol–water partition coefficient (Wildman–Crippen LogP) is 3.53. The molecule has 0 bridgehead atoms. The Bertz CT molecular complexity index is 237. The van der Waals surface area contributed by atoms with Crippen LogP contribution in [-0.2, 0) is 9.53 Å². The number of nitrogens with one attached hydrogen (secondary N) is 1. The number of esters is 1. The maximum Gasteiger partial charge on any atom is 0.305 e. The Hall–Kier alpha value is -0.570. The zero-order valence-electron chi connectivity index (χ0n) is 12.7. The molecule has 0 aromatic rings. The van der Waals surface area contributed by atoms with Gasteiger partial charge in [0.25, 0.3) is 0 Å². The van der Waals surface area contributed by atoms with E-state index in [1.807, 2.05) is 0 Å². The van der Waals surface area contributed by atoms with Gasteiger partial charge in [0, 0.05) is 6.42 Å². The molecule has 3 heteroatoms. The third-order valence-electron chi connectivity index (χ3n) is 4.18. The van der Waals surface area contributed by atoms with Gasteiger partial charge in [-0.1, -0.05) is 33.1 Å². The maximum absolute atomic E-state index is 11.7. The number of hydrogen-bond acceptors (Lipinski definition) is 3. The van der Waals surface area contributed by atoms with Gasteiger partial charge in [-0.05, 0) is 50.6 Å². The summed E-state index contributed by atoms with van der Waals surface area (Å²) < 4.78 is 5.42. The van der Waals surface area contributed by atoms with Gasteiger partial charge in [-0.3, -0.25) is 4.79 Å². The van der Waals surface area contributed by atoms with Gasteiger partial charge in [-0.15, -0.1) is 0 Å². The van der Waals surface area contributed by atoms with E-state index < -0.39 is 0 Å². The van der Waals surface area contributed by atoms with Crippen LogP contribution < -0.4 is 5.32 Å². The summed E-state index contributed by atoms with van der Waals surface area (Å²) >= 11 is 0. The largest absolute Gasteiger partial charge is 0.465 e. The molecule has 1 N–H and O–H groups in total. The van der Waals surface area contributed by atoms with Crippen LogP contribution in [0.5, 0.6) is 0 Å². The Balaban J connectivity index is 2.08. The summed E-state index contributed by atoms with van der Waals surface area (Å²) in [6.07, 6.45) is 8.84. The molecular weight excluding hydrogens is 238 g/mol. The zero-order valence-corrected chi connectivity index (χ0v) is 12.7. The monoisotopic (exact) mass is 269 g/mol. The Morgan fingerprint density at radius 1 is 1.42 bits per heavy atom. The van der Waals surface area contributed by atoms with E-state index in [0.29, 0.717) is 24.9 Å². The molecule has 0 saturated carbocycles. The van der Waals surface area contributed by atoms with Crippen LogP contribution >= 0.6 is 0 Å². The Morgan fingerprint density at radius 3 is 2.89 bits per heavy atom. The highest BCUT2D eigenvalue weighted by molar-refractivity contribution is 5.69. The minimum atomic E-state index is 0.000483. The van der Waals surface area contributed by atoms with Gasteiger partial charge in [0.05, 0.1) is 6.61 Å². The average Bonchev–Trinajstić information content (AvgIpc) is 2.46. The lowest BCUT2D eigenvalue weighted by Crippen LogP contribution is -2.30. The van der Waals surface area contributed by atoms with Crippen molar-refractivity contribution in [3.05, 3.63) is 0 Å². The van der Waals surface area contributed by atoms with Crippen molar-refractivity contribution in [2.24, 2.45) is 11.8 Å². The molecule has 1 rings (SSSR count). The highest BCUT2D eigenvalue weighted by Crippen LogP contribution is 2.17. The van der Waals surface area contributed by atoms with Gasteiger partial charge < -0.3 is 10.1 Å². The number of carbonyl (C=O) groups excluding carboxylic acids is 1. The fourth-order valence-corrected chi connectivity index (χ4v) is 2.67.